The molecule has 0 bridgehead atoms. The topological polar surface area (TPSA) is 88.4 Å². The minimum Gasteiger partial charge on any atom is -0.451 e. The molecule has 0 aliphatic rings. The van der Waals surface area contributed by atoms with Gasteiger partial charge in [0.2, 0.25) is 0 Å². The molecule has 1 heterocycles. The van der Waals surface area contributed by atoms with Gasteiger partial charge in [0.05, 0.1) is 10.5 Å². The third-order valence-corrected chi connectivity index (χ3v) is 5.87. The highest BCUT2D eigenvalue weighted by molar-refractivity contribution is 7.92. The first-order chi connectivity index (χ1) is 15.1. The molecule has 32 heavy (non-hydrogen) atoms. The minimum absolute atomic E-state index is 0.0431. The first-order valence-electron chi connectivity index (χ1n) is 9.22. The second-order valence-electron chi connectivity index (χ2n) is 6.81. The van der Waals surface area contributed by atoms with Gasteiger partial charge in [-0.05, 0) is 48.5 Å². The molecule has 0 atom stereocenters. The maximum absolute atomic E-state index is 12.9. The lowest BCUT2D eigenvalue weighted by Crippen LogP contribution is -2.15. The largest absolute Gasteiger partial charge is 0.451 e. The number of para-hydroxylation sites is 1. The Morgan fingerprint density at radius 3 is 2.31 bits per heavy atom. The summed E-state index contributed by atoms with van der Waals surface area (Å²) in [6, 6.07) is 17.8. The Hall–Kier alpha value is -3.79. The van der Waals surface area contributed by atoms with Gasteiger partial charge in [0, 0.05) is 16.8 Å². The number of hydrogen-bond donors (Lipinski definition) is 2. The zero-order chi connectivity index (χ0) is 22.9. The van der Waals surface area contributed by atoms with Crippen LogP contribution in [0.15, 0.2) is 88.2 Å². The van der Waals surface area contributed by atoms with Crippen LogP contribution < -0.4 is 10.0 Å². The van der Waals surface area contributed by atoms with Crippen molar-refractivity contribution < 1.29 is 30.8 Å². The van der Waals surface area contributed by atoms with Crippen molar-refractivity contribution in [3.05, 3.63) is 90.2 Å². The molecule has 1 aromatic heterocycles. The third kappa shape index (κ3) is 4.59. The number of hydrogen-bond acceptors (Lipinski definition) is 4. The highest BCUT2D eigenvalue weighted by atomic mass is 32.2. The lowest BCUT2D eigenvalue weighted by Gasteiger charge is -2.12. The number of carbonyl (C=O) groups is 1. The molecule has 0 saturated heterocycles. The van der Waals surface area contributed by atoms with Crippen molar-refractivity contribution in [2.75, 3.05) is 10.0 Å². The highest BCUT2D eigenvalue weighted by Crippen LogP contribution is 2.31. The molecule has 10 heteroatoms. The number of carbonyl (C=O) groups excluding carboxylic acids is 1. The van der Waals surface area contributed by atoms with E-state index in [0.29, 0.717) is 11.6 Å². The van der Waals surface area contributed by atoms with Gasteiger partial charge in [-0.2, -0.15) is 13.2 Å². The maximum Gasteiger partial charge on any atom is 0.416 e. The molecule has 0 aliphatic heterocycles. The van der Waals surface area contributed by atoms with E-state index in [0.717, 1.165) is 17.5 Å². The summed E-state index contributed by atoms with van der Waals surface area (Å²) in [7, 11) is -4.21. The Labute approximate surface area is 180 Å². The van der Waals surface area contributed by atoms with Crippen molar-refractivity contribution in [1.82, 2.24) is 0 Å². The van der Waals surface area contributed by atoms with E-state index in [-0.39, 0.29) is 22.0 Å². The van der Waals surface area contributed by atoms with Crippen molar-refractivity contribution >= 4 is 38.3 Å². The monoisotopic (exact) mass is 460 g/mol. The second-order valence-corrected chi connectivity index (χ2v) is 8.50. The predicted octanol–water partition coefficient (Wildman–Crippen LogP) is 5.50. The summed E-state index contributed by atoms with van der Waals surface area (Å²) < 4.78 is 71.6. The molecule has 164 valence electrons. The van der Waals surface area contributed by atoms with Gasteiger partial charge in [-0.1, -0.05) is 30.3 Å². The first kappa shape index (κ1) is 21.4. The summed E-state index contributed by atoms with van der Waals surface area (Å²) in [4.78, 5) is 12.3. The Morgan fingerprint density at radius 1 is 0.844 bits per heavy atom. The summed E-state index contributed by atoms with van der Waals surface area (Å²) >= 11 is 0. The van der Waals surface area contributed by atoms with Crippen LogP contribution in [-0.4, -0.2) is 14.3 Å². The number of halogens is 3. The Bertz CT molecular complexity index is 1380. The number of furan rings is 1. The van der Waals surface area contributed by atoms with Gasteiger partial charge in [0.1, 0.15) is 5.58 Å². The van der Waals surface area contributed by atoms with Crippen molar-refractivity contribution in [3.8, 4) is 0 Å². The van der Waals surface area contributed by atoms with Crippen LogP contribution in [0, 0.1) is 0 Å². The molecule has 4 rings (SSSR count). The van der Waals surface area contributed by atoms with Crippen LogP contribution in [0.4, 0.5) is 24.5 Å². The van der Waals surface area contributed by atoms with E-state index < -0.39 is 27.7 Å². The van der Waals surface area contributed by atoms with Crippen LogP contribution >= 0.6 is 0 Å². The highest BCUT2D eigenvalue weighted by Gasteiger charge is 2.30. The SMILES string of the molecule is O=C(Nc1cccc(S(=O)(=O)Nc2cccc(C(F)(F)F)c2)c1)c1cc2ccccc2o1. The van der Waals surface area contributed by atoms with Gasteiger partial charge >= 0.3 is 6.18 Å². The molecule has 0 fully saturated rings. The molecule has 0 aliphatic carbocycles. The normalized spacial score (nSPS) is 12.0. The van der Waals surface area contributed by atoms with Crippen molar-refractivity contribution in [2.24, 2.45) is 0 Å². The van der Waals surface area contributed by atoms with E-state index in [1.165, 1.54) is 30.3 Å². The fourth-order valence-electron chi connectivity index (χ4n) is 3.00. The Kier molecular flexibility index (Phi) is 5.39. The average molecular weight is 460 g/mol. The molecule has 6 nitrogen and oxygen atoms in total. The lowest BCUT2D eigenvalue weighted by atomic mass is 10.2. The third-order valence-electron chi connectivity index (χ3n) is 4.49. The van der Waals surface area contributed by atoms with Gasteiger partial charge in [0.15, 0.2) is 5.76 Å². The minimum atomic E-state index is -4.61. The summed E-state index contributed by atoms with van der Waals surface area (Å²) in [5.41, 5.74) is -0.525. The van der Waals surface area contributed by atoms with Crippen LogP contribution in [0.3, 0.4) is 0 Å². The maximum atomic E-state index is 12.9. The number of alkyl halides is 3. The number of nitrogens with one attached hydrogen (secondary N) is 2. The van der Waals surface area contributed by atoms with Crippen molar-refractivity contribution in [3.63, 3.8) is 0 Å². The summed E-state index contributed by atoms with van der Waals surface area (Å²) in [5, 5.41) is 3.29. The summed E-state index contributed by atoms with van der Waals surface area (Å²) in [5.74, 6) is -0.539. The number of rotatable bonds is 5. The van der Waals surface area contributed by atoms with Crippen LogP contribution in [0.2, 0.25) is 0 Å². The number of anilines is 2. The molecule has 1 amide bonds. The molecule has 0 spiro atoms. The number of amides is 1. The van der Waals surface area contributed by atoms with E-state index in [9.17, 15) is 26.4 Å². The van der Waals surface area contributed by atoms with E-state index in [4.69, 9.17) is 4.42 Å². The van der Waals surface area contributed by atoms with E-state index in [1.54, 1.807) is 30.3 Å². The van der Waals surface area contributed by atoms with Gasteiger partial charge in [0.25, 0.3) is 15.9 Å². The van der Waals surface area contributed by atoms with Crippen LogP contribution in [0.25, 0.3) is 11.0 Å². The number of fused-ring (bicyclic) bond motifs is 1. The molecular formula is C22H15F3N2O4S. The zero-order valence-electron chi connectivity index (χ0n) is 16.2. The summed E-state index contributed by atoms with van der Waals surface area (Å²) in [6.45, 7) is 0. The van der Waals surface area contributed by atoms with Gasteiger partial charge < -0.3 is 9.73 Å². The standard InChI is InChI=1S/C22H15F3N2O4S/c23-22(24,25)15-6-3-8-17(12-15)27-32(29,30)18-9-4-7-16(13-18)26-21(28)20-11-14-5-1-2-10-19(14)31-20/h1-13,27H,(H,26,28). The fourth-order valence-corrected chi connectivity index (χ4v) is 4.10. The van der Waals surface area contributed by atoms with E-state index in [2.05, 4.69) is 10.0 Å². The van der Waals surface area contributed by atoms with Crippen LogP contribution in [0.5, 0.6) is 0 Å². The Balaban J connectivity index is 1.54. The van der Waals surface area contributed by atoms with Gasteiger partial charge in [-0.3, -0.25) is 9.52 Å². The second kappa shape index (κ2) is 8.04. The fraction of sp³-hybridized carbons (Fsp3) is 0.0455. The average Bonchev–Trinajstić information content (AvgIpc) is 3.18. The molecule has 0 unspecified atom stereocenters. The van der Waals surface area contributed by atoms with Crippen LogP contribution in [-0.2, 0) is 16.2 Å². The molecule has 3 aromatic carbocycles. The molecule has 0 saturated carbocycles. The number of benzene rings is 3. The summed E-state index contributed by atoms with van der Waals surface area (Å²) in [6.07, 6.45) is -4.61. The molecule has 0 radical (unpaired) electrons. The quantitative estimate of drug-likeness (QED) is 0.411. The predicted molar refractivity (Wildman–Crippen MR) is 113 cm³/mol. The molecular weight excluding hydrogens is 445 g/mol. The van der Waals surface area contributed by atoms with Crippen molar-refractivity contribution in [1.29, 1.82) is 0 Å². The molecule has 4 aromatic rings. The molecule has 2 N–H and O–H groups in total. The first-order valence-corrected chi connectivity index (χ1v) is 10.7. The van der Waals surface area contributed by atoms with Gasteiger partial charge in [-0.25, -0.2) is 8.42 Å². The van der Waals surface area contributed by atoms with Gasteiger partial charge in [-0.15, -0.1) is 0 Å². The lowest BCUT2D eigenvalue weighted by molar-refractivity contribution is -0.137. The number of sulfonamides is 1. The Morgan fingerprint density at radius 2 is 1.56 bits per heavy atom. The van der Waals surface area contributed by atoms with Crippen molar-refractivity contribution in [2.45, 2.75) is 11.1 Å². The van der Waals surface area contributed by atoms with Crippen LogP contribution in [0.1, 0.15) is 16.1 Å². The zero-order valence-corrected chi connectivity index (χ0v) is 17.0. The van der Waals surface area contributed by atoms with E-state index >= 15 is 0 Å². The smallest absolute Gasteiger partial charge is 0.416 e. The van der Waals surface area contributed by atoms with E-state index in [1.807, 2.05) is 0 Å².